The molecule has 2 N–H and O–H groups in total. The molecule has 0 fully saturated rings. The predicted molar refractivity (Wildman–Crippen MR) is 97.3 cm³/mol. The van der Waals surface area contributed by atoms with Gasteiger partial charge in [-0.3, -0.25) is 4.79 Å². The van der Waals surface area contributed by atoms with Gasteiger partial charge in [-0.05, 0) is 44.5 Å². The molecule has 0 saturated heterocycles. The minimum absolute atomic E-state index is 0.0329. The minimum Gasteiger partial charge on any atom is -0.479 e. The van der Waals surface area contributed by atoms with Crippen LogP contribution in [-0.2, 0) is 0 Å². The first-order chi connectivity index (χ1) is 12.8. The van der Waals surface area contributed by atoms with Crippen molar-refractivity contribution in [1.82, 2.24) is 15.2 Å². The zero-order valence-electron chi connectivity index (χ0n) is 14.9. The Bertz CT molecular complexity index is 1130. The quantitative estimate of drug-likeness (QED) is 0.727. The van der Waals surface area contributed by atoms with E-state index in [-0.39, 0.29) is 17.1 Å². The molecule has 1 aromatic carbocycles. The van der Waals surface area contributed by atoms with E-state index in [0.29, 0.717) is 27.7 Å². The summed E-state index contributed by atoms with van der Waals surface area (Å²) in [6.07, 6.45) is 5.20. The van der Waals surface area contributed by atoms with Crippen molar-refractivity contribution in [1.29, 1.82) is 0 Å². The molecule has 0 amide bonds. The first kappa shape index (κ1) is 17.3. The van der Waals surface area contributed by atoms with Crippen molar-refractivity contribution in [3.63, 3.8) is 0 Å². The van der Waals surface area contributed by atoms with Crippen molar-refractivity contribution < 1.29 is 18.3 Å². The number of hydrogen-bond donors (Lipinski definition) is 2. The van der Waals surface area contributed by atoms with E-state index in [1.165, 1.54) is 12.3 Å². The number of nitrogens with zero attached hydrogens (tertiary/aromatic N) is 1. The maximum atomic E-state index is 12.8. The number of ether oxygens (including phenoxy) is 2. The highest BCUT2D eigenvalue weighted by Gasteiger charge is 2.29. The van der Waals surface area contributed by atoms with E-state index in [2.05, 4.69) is 19.9 Å². The molecule has 6 nitrogen and oxygen atoms in total. The zero-order chi connectivity index (χ0) is 19.3. The molecule has 0 atom stereocenters. The van der Waals surface area contributed by atoms with E-state index in [4.69, 9.17) is 4.74 Å². The molecule has 0 aliphatic carbocycles. The van der Waals surface area contributed by atoms with Crippen molar-refractivity contribution in [2.45, 2.75) is 33.0 Å². The van der Waals surface area contributed by atoms with E-state index in [1.807, 2.05) is 32.9 Å². The Kier molecular flexibility index (Phi) is 3.80. The maximum absolute atomic E-state index is 12.8. The van der Waals surface area contributed by atoms with E-state index in [9.17, 15) is 13.6 Å². The average molecular weight is 373 g/mol. The number of aromatic nitrogens is 3. The predicted octanol–water partition coefficient (Wildman–Crippen LogP) is 4.01. The highest BCUT2D eigenvalue weighted by Crippen LogP contribution is 2.45. The number of alkyl halides is 2. The molecule has 1 aliphatic rings. The highest BCUT2D eigenvalue weighted by molar-refractivity contribution is 5.92. The summed E-state index contributed by atoms with van der Waals surface area (Å²) in [6, 6.07) is 3.12. The van der Waals surface area contributed by atoms with Crippen LogP contribution in [0.15, 0.2) is 29.2 Å². The summed E-state index contributed by atoms with van der Waals surface area (Å²) in [5.74, 6) is 0.208. The molecule has 3 aromatic rings. The lowest BCUT2D eigenvalue weighted by molar-refractivity contribution is -0.0526. The Morgan fingerprint density at radius 1 is 1.30 bits per heavy atom. The molecule has 2 aromatic heterocycles. The molecule has 140 valence electrons. The molecular weight excluding hydrogens is 356 g/mol. The number of aryl methyl sites for hydroxylation is 1. The van der Waals surface area contributed by atoms with Crippen LogP contribution in [0, 0.1) is 6.92 Å². The lowest BCUT2D eigenvalue weighted by atomic mass is 9.95. The third kappa shape index (κ3) is 2.87. The number of benzene rings is 1. The van der Waals surface area contributed by atoms with Crippen LogP contribution < -0.4 is 15.0 Å². The summed E-state index contributed by atoms with van der Waals surface area (Å²) >= 11 is 0. The standard InChI is InChI=1S/C19H17F2N3O3/c1-9-14-12(8-22-24-17(14)25)23-15(9)10-4-5-13(26-18(20)21)16-11(10)6-7-19(2,3)27-16/h4-8,18,23H,1-3H3,(H,24,25). The van der Waals surface area contributed by atoms with Crippen LogP contribution in [0.4, 0.5) is 8.78 Å². The van der Waals surface area contributed by atoms with Gasteiger partial charge in [-0.25, -0.2) is 5.10 Å². The summed E-state index contributed by atoms with van der Waals surface area (Å²) in [5.41, 5.74) is 2.37. The van der Waals surface area contributed by atoms with Gasteiger partial charge < -0.3 is 14.5 Å². The van der Waals surface area contributed by atoms with Crippen molar-refractivity contribution >= 4 is 17.0 Å². The molecule has 8 heteroatoms. The number of aromatic amines is 2. The topological polar surface area (TPSA) is 80.0 Å². The molecule has 4 rings (SSSR count). The highest BCUT2D eigenvalue weighted by atomic mass is 19.3. The van der Waals surface area contributed by atoms with Crippen LogP contribution in [0.3, 0.4) is 0 Å². The van der Waals surface area contributed by atoms with Crippen molar-refractivity contribution in [3.8, 4) is 22.8 Å². The zero-order valence-corrected chi connectivity index (χ0v) is 14.9. The maximum Gasteiger partial charge on any atom is 0.387 e. The summed E-state index contributed by atoms with van der Waals surface area (Å²) < 4.78 is 36.2. The van der Waals surface area contributed by atoms with Crippen molar-refractivity contribution in [2.75, 3.05) is 0 Å². The van der Waals surface area contributed by atoms with Crippen LogP contribution in [0.2, 0.25) is 0 Å². The molecule has 1 aliphatic heterocycles. The third-order valence-electron chi connectivity index (χ3n) is 4.53. The number of rotatable bonds is 3. The molecular formula is C19H17F2N3O3. The first-order valence-electron chi connectivity index (χ1n) is 8.33. The Morgan fingerprint density at radius 3 is 2.78 bits per heavy atom. The second-order valence-electron chi connectivity index (χ2n) is 6.88. The monoisotopic (exact) mass is 373 g/mol. The van der Waals surface area contributed by atoms with E-state index < -0.39 is 12.2 Å². The van der Waals surface area contributed by atoms with E-state index >= 15 is 0 Å². The van der Waals surface area contributed by atoms with Crippen LogP contribution in [0.1, 0.15) is 25.0 Å². The second-order valence-corrected chi connectivity index (χ2v) is 6.88. The van der Waals surface area contributed by atoms with Crippen molar-refractivity contribution in [2.24, 2.45) is 0 Å². The van der Waals surface area contributed by atoms with Gasteiger partial charge in [0.25, 0.3) is 5.56 Å². The van der Waals surface area contributed by atoms with Gasteiger partial charge in [-0.15, -0.1) is 0 Å². The van der Waals surface area contributed by atoms with E-state index in [0.717, 1.165) is 5.56 Å². The first-order valence-corrected chi connectivity index (χ1v) is 8.33. The normalized spacial score (nSPS) is 15.0. The summed E-state index contributed by atoms with van der Waals surface area (Å²) in [7, 11) is 0. The molecule has 27 heavy (non-hydrogen) atoms. The van der Waals surface area contributed by atoms with Gasteiger partial charge in [0, 0.05) is 11.1 Å². The molecule has 0 radical (unpaired) electrons. The Morgan fingerprint density at radius 2 is 2.07 bits per heavy atom. The summed E-state index contributed by atoms with van der Waals surface area (Å²) in [5, 5.41) is 6.72. The lowest BCUT2D eigenvalue weighted by Gasteiger charge is -2.30. The number of halogens is 2. The van der Waals surface area contributed by atoms with Gasteiger partial charge in [0.15, 0.2) is 11.5 Å². The minimum atomic E-state index is -2.96. The summed E-state index contributed by atoms with van der Waals surface area (Å²) in [4.78, 5) is 15.3. The fourth-order valence-corrected chi connectivity index (χ4v) is 3.33. The second kappa shape index (κ2) is 5.94. The molecule has 0 saturated carbocycles. The Hall–Kier alpha value is -3.16. The average Bonchev–Trinajstić information content (AvgIpc) is 2.92. The van der Waals surface area contributed by atoms with Crippen LogP contribution in [-0.4, -0.2) is 27.4 Å². The van der Waals surface area contributed by atoms with E-state index in [1.54, 1.807) is 6.07 Å². The van der Waals surface area contributed by atoms with Gasteiger partial charge in [-0.2, -0.15) is 13.9 Å². The largest absolute Gasteiger partial charge is 0.479 e. The SMILES string of the molecule is Cc1c(-c2ccc(OC(F)F)c3c2C=CC(C)(C)O3)[nH]c2cn[nH]c(=O)c12. The fraction of sp³-hybridized carbons (Fsp3) is 0.263. The van der Waals surface area contributed by atoms with Crippen LogP contribution >= 0.6 is 0 Å². The third-order valence-corrected chi connectivity index (χ3v) is 4.53. The molecule has 0 unspecified atom stereocenters. The van der Waals surface area contributed by atoms with Crippen LogP contribution in [0.25, 0.3) is 28.2 Å². The number of H-pyrrole nitrogens is 2. The molecule has 0 spiro atoms. The Balaban J connectivity index is 1.97. The Labute approximate surface area is 152 Å². The number of nitrogens with one attached hydrogen (secondary N) is 2. The summed E-state index contributed by atoms with van der Waals surface area (Å²) in [6.45, 7) is 2.50. The van der Waals surface area contributed by atoms with Gasteiger partial charge in [-0.1, -0.05) is 6.08 Å². The van der Waals surface area contributed by atoms with Crippen molar-refractivity contribution in [3.05, 3.63) is 45.9 Å². The van der Waals surface area contributed by atoms with Gasteiger partial charge >= 0.3 is 6.61 Å². The van der Waals surface area contributed by atoms with Crippen LogP contribution in [0.5, 0.6) is 11.5 Å². The van der Waals surface area contributed by atoms with Gasteiger partial charge in [0.2, 0.25) is 0 Å². The van der Waals surface area contributed by atoms with Gasteiger partial charge in [0.05, 0.1) is 22.8 Å². The lowest BCUT2D eigenvalue weighted by Crippen LogP contribution is -2.28. The van der Waals surface area contributed by atoms with Gasteiger partial charge in [0.1, 0.15) is 5.60 Å². The number of fused-ring (bicyclic) bond motifs is 2. The fourth-order valence-electron chi connectivity index (χ4n) is 3.33. The molecule has 3 heterocycles. The number of hydrogen-bond acceptors (Lipinski definition) is 4. The smallest absolute Gasteiger partial charge is 0.387 e. The molecule has 0 bridgehead atoms.